The van der Waals surface area contributed by atoms with Crippen LogP contribution in [0.3, 0.4) is 0 Å². The molecule has 0 radical (unpaired) electrons. The van der Waals surface area contributed by atoms with Crippen LogP contribution < -0.4 is 5.73 Å². The van der Waals surface area contributed by atoms with E-state index < -0.39 is 5.82 Å². The Morgan fingerprint density at radius 3 is 2.63 bits per heavy atom. The second kappa shape index (κ2) is 4.40. The van der Waals surface area contributed by atoms with Gasteiger partial charge in [-0.05, 0) is 30.3 Å². The van der Waals surface area contributed by atoms with Gasteiger partial charge in [0.15, 0.2) is 0 Å². The number of anilines is 1. The first-order valence-corrected chi connectivity index (χ1v) is 6.20. The average Bonchev–Trinajstić information content (AvgIpc) is 2.70. The van der Waals surface area contributed by atoms with Crippen LogP contribution in [0.1, 0.15) is 0 Å². The summed E-state index contributed by atoms with van der Waals surface area (Å²) >= 11 is 11.8. The molecule has 0 aliphatic rings. The van der Waals surface area contributed by atoms with Gasteiger partial charge in [-0.3, -0.25) is 4.40 Å². The molecule has 3 nitrogen and oxygen atoms in total. The van der Waals surface area contributed by atoms with E-state index in [4.69, 9.17) is 28.9 Å². The number of pyridine rings is 1. The van der Waals surface area contributed by atoms with E-state index in [-0.39, 0.29) is 5.56 Å². The lowest BCUT2D eigenvalue weighted by atomic mass is 10.1. The molecule has 0 saturated heterocycles. The van der Waals surface area contributed by atoms with Gasteiger partial charge in [-0.1, -0.05) is 23.2 Å². The summed E-state index contributed by atoms with van der Waals surface area (Å²) in [6, 6.07) is 7.67. The molecule has 0 spiro atoms. The highest BCUT2D eigenvalue weighted by molar-refractivity contribution is 6.31. The minimum absolute atomic E-state index is 0.268. The average molecular weight is 296 g/mol. The summed E-state index contributed by atoms with van der Waals surface area (Å²) in [6.45, 7) is 0. The first-order chi connectivity index (χ1) is 9.06. The zero-order valence-electron chi connectivity index (χ0n) is 9.57. The number of nitrogens with two attached hydrogens (primary N) is 1. The zero-order valence-corrected chi connectivity index (χ0v) is 11.1. The highest BCUT2D eigenvalue weighted by atomic mass is 35.5. The van der Waals surface area contributed by atoms with Crippen molar-refractivity contribution >= 4 is 34.7 Å². The van der Waals surface area contributed by atoms with Crippen LogP contribution in [0.25, 0.3) is 16.9 Å². The lowest BCUT2D eigenvalue weighted by Gasteiger charge is -2.02. The summed E-state index contributed by atoms with van der Waals surface area (Å²) in [5.41, 5.74) is 7.20. The van der Waals surface area contributed by atoms with Gasteiger partial charge in [0.05, 0.1) is 5.02 Å². The summed E-state index contributed by atoms with van der Waals surface area (Å²) in [7, 11) is 0. The minimum Gasteiger partial charge on any atom is -0.383 e. The quantitative estimate of drug-likeness (QED) is 0.736. The number of hydrogen-bond acceptors (Lipinski definition) is 2. The summed E-state index contributed by atoms with van der Waals surface area (Å²) in [5.74, 6) is -0.107. The largest absolute Gasteiger partial charge is 0.383 e. The SMILES string of the molecule is Nc1c(-c2cc(Cl)ccc2F)nc2ccc(Cl)cn12. The van der Waals surface area contributed by atoms with E-state index in [0.717, 1.165) is 0 Å². The fourth-order valence-electron chi connectivity index (χ4n) is 1.91. The Labute approximate surface area is 118 Å². The molecule has 0 atom stereocenters. The van der Waals surface area contributed by atoms with Crippen LogP contribution in [0.2, 0.25) is 10.0 Å². The van der Waals surface area contributed by atoms with E-state index in [1.165, 1.54) is 18.2 Å². The molecule has 0 aliphatic carbocycles. The first-order valence-electron chi connectivity index (χ1n) is 5.45. The van der Waals surface area contributed by atoms with Crippen LogP contribution in [0.4, 0.5) is 10.2 Å². The standard InChI is InChI=1S/C13H8Cl2FN3/c14-7-1-3-10(16)9(5-7)12-13(17)19-6-8(15)2-4-11(19)18-12/h1-6H,17H2. The summed E-state index contributed by atoms with van der Waals surface area (Å²) in [5, 5.41) is 0.945. The zero-order chi connectivity index (χ0) is 13.6. The Balaban J connectivity index is 2.31. The molecule has 0 saturated carbocycles. The van der Waals surface area contributed by atoms with Crippen molar-refractivity contribution in [1.29, 1.82) is 0 Å². The summed E-state index contributed by atoms with van der Waals surface area (Å²) < 4.78 is 15.5. The van der Waals surface area contributed by atoms with Crippen molar-refractivity contribution < 1.29 is 4.39 Å². The van der Waals surface area contributed by atoms with Gasteiger partial charge in [-0.15, -0.1) is 0 Å². The molecule has 0 unspecified atom stereocenters. The molecule has 2 aromatic heterocycles. The van der Waals surface area contributed by atoms with Crippen LogP contribution in [0, 0.1) is 5.82 Å². The number of aromatic nitrogens is 2. The van der Waals surface area contributed by atoms with Crippen molar-refractivity contribution in [3.05, 3.63) is 52.4 Å². The molecule has 0 amide bonds. The molecule has 0 aliphatic heterocycles. The minimum atomic E-state index is -0.425. The Morgan fingerprint density at radius 1 is 1.11 bits per heavy atom. The molecule has 6 heteroatoms. The molecule has 0 bridgehead atoms. The number of nitrogens with zero attached hydrogens (tertiary/aromatic N) is 2. The molecule has 3 aromatic rings. The number of fused-ring (bicyclic) bond motifs is 1. The fourth-order valence-corrected chi connectivity index (χ4v) is 2.25. The third-order valence-corrected chi connectivity index (χ3v) is 3.26. The monoisotopic (exact) mass is 295 g/mol. The Bertz CT molecular complexity index is 783. The first kappa shape index (κ1) is 12.3. The van der Waals surface area contributed by atoms with E-state index in [1.807, 2.05) is 0 Å². The second-order valence-corrected chi connectivity index (χ2v) is 4.92. The molecule has 1 aromatic carbocycles. The predicted octanol–water partition coefficient (Wildman–Crippen LogP) is 4.03. The molecular weight excluding hydrogens is 288 g/mol. The van der Waals surface area contributed by atoms with Crippen LogP contribution in [-0.4, -0.2) is 9.38 Å². The van der Waals surface area contributed by atoms with Crippen LogP contribution >= 0.6 is 23.2 Å². The maximum absolute atomic E-state index is 13.9. The van der Waals surface area contributed by atoms with Crippen molar-refractivity contribution in [2.45, 2.75) is 0 Å². The van der Waals surface area contributed by atoms with E-state index in [9.17, 15) is 4.39 Å². The van der Waals surface area contributed by atoms with E-state index in [2.05, 4.69) is 4.98 Å². The number of imidazole rings is 1. The van der Waals surface area contributed by atoms with Crippen molar-refractivity contribution in [2.24, 2.45) is 0 Å². The normalized spacial score (nSPS) is 11.1. The summed E-state index contributed by atoms with van der Waals surface area (Å²) in [4.78, 5) is 4.31. The van der Waals surface area contributed by atoms with Crippen LogP contribution in [-0.2, 0) is 0 Å². The number of halogens is 3. The van der Waals surface area contributed by atoms with Gasteiger partial charge in [0, 0.05) is 16.8 Å². The van der Waals surface area contributed by atoms with Gasteiger partial charge >= 0.3 is 0 Å². The van der Waals surface area contributed by atoms with E-state index in [0.29, 0.717) is 27.2 Å². The van der Waals surface area contributed by atoms with Crippen LogP contribution in [0.5, 0.6) is 0 Å². The van der Waals surface area contributed by atoms with Gasteiger partial charge in [-0.25, -0.2) is 9.37 Å². The van der Waals surface area contributed by atoms with Gasteiger partial charge in [-0.2, -0.15) is 0 Å². The van der Waals surface area contributed by atoms with Gasteiger partial charge in [0.2, 0.25) is 0 Å². The highest BCUT2D eigenvalue weighted by Crippen LogP contribution is 2.31. The van der Waals surface area contributed by atoms with E-state index >= 15 is 0 Å². The smallest absolute Gasteiger partial charge is 0.139 e. The lowest BCUT2D eigenvalue weighted by molar-refractivity contribution is 0.631. The van der Waals surface area contributed by atoms with Crippen LogP contribution in [0.15, 0.2) is 36.5 Å². The lowest BCUT2D eigenvalue weighted by Crippen LogP contribution is -1.95. The Kier molecular flexibility index (Phi) is 2.84. The van der Waals surface area contributed by atoms with Gasteiger partial charge < -0.3 is 5.73 Å². The maximum atomic E-state index is 13.9. The fraction of sp³-hybridized carbons (Fsp3) is 0. The van der Waals surface area contributed by atoms with Crippen molar-refractivity contribution in [3.63, 3.8) is 0 Å². The Morgan fingerprint density at radius 2 is 1.84 bits per heavy atom. The third-order valence-electron chi connectivity index (χ3n) is 2.80. The topological polar surface area (TPSA) is 43.3 Å². The molecular formula is C13H8Cl2FN3. The highest BCUT2D eigenvalue weighted by Gasteiger charge is 2.15. The van der Waals surface area contributed by atoms with Crippen molar-refractivity contribution in [1.82, 2.24) is 9.38 Å². The molecule has 19 heavy (non-hydrogen) atoms. The molecule has 96 valence electrons. The predicted molar refractivity (Wildman–Crippen MR) is 75.0 cm³/mol. The van der Waals surface area contributed by atoms with Gasteiger partial charge in [0.25, 0.3) is 0 Å². The number of benzene rings is 1. The third kappa shape index (κ3) is 2.03. The maximum Gasteiger partial charge on any atom is 0.139 e. The van der Waals surface area contributed by atoms with Crippen molar-refractivity contribution in [3.8, 4) is 11.3 Å². The van der Waals surface area contributed by atoms with Crippen molar-refractivity contribution in [2.75, 3.05) is 5.73 Å². The number of nitrogen functional groups attached to an aromatic ring is 1. The molecule has 2 N–H and O–H groups in total. The molecule has 2 heterocycles. The number of rotatable bonds is 1. The second-order valence-electron chi connectivity index (χ2n) is 4.05. The summed E-state index contributed by atoms with van der Waals surface area (Å²) in [6.07, 6.45) is 1.63. The Hall–Kier alpha value is -1.78. The number of hydrogen-bond donors (Lipinski definition) is 1. The van der Waals surface area contributed by atoms with Gasteiger partial charge in [0.1, 0.15) is 23.0 Å². The van der Waals surface area contributed by atoms with E-state index in [1.54, 1.807) is 22.7 Å². The molecule has 3 rings (SSSR count). The molecule has 0 fully saturated rings.